The summed E-state index contributed by atoms with van der Waals surface area (Å²) in [6.07, 6.45) is 0. The number of nitro groups is 1. The molecule has 10 nitrogen and oxygen atoms in total. The van der Waals surface area contributed by atoms with Gasteiger partial charge in [-0.2, -0.15) is 0 Å². The molecule has 0 aliphatic carbocycles. The Bertz CT molecular complexity index is 1310. The highest BCUT2D eigenvalue weighted by molar-refractivity contribution is 7.92. The van der Waals surface area contributed by atoms with E-state index in [4.69, 9.17) is 9.47 Å². The van der Waals surface area contributed by atoms with E-state index in [0.717, 1.165) is 4.31 Å². The molecule has 0 aromatic heterocycles. The van der Waals surface area contributed by atoms with Gasteiger partial charge in [0, 0.05) is 18.2 Å². The number of anilines is 2. The number of aryl methyl sites for hydroxylation is 1. The predicted molar refractivity (Wildman–Crippen MR) is 127 cm³/mol. The summed E-state index contributed by atoms with van der Waals surface area (Å²) in [4.78, 5) is 23.5. The third kappa shape index (κ3) is 5.26. The molecule has 0 saturated heterocycles. The number of nitrogens with one attached hydrogen (secondary N) is 1. The lowest BCUT2D eigenvalue weighted by Gasteiger charge is -2.26. The zero-order valence-corrected chi connectivity index (χ0v) is 19.5. The molecular weight excluding hydrogens is 462 g/mol. The molecule has 1 N–H and O–H groups in total. The Labute approximate surface area is 196 Å². The van der Waals surface area contributed by atoms with E-state index in [0.29, 0.717) is 11.3 Å². The van der Waals surface area contributed by atoms with E-state index >= 15 is 0 Å². The van der Waals surface area contributed by atoms with Crippen LogP contribution in [0, 0.1) is 17.0 Å². The summed E-state index contributed by atoms with van der Waals surface area (Å²) in [7, 11) is -1.39. The van der Waals surface area contributed by atoms with Crippen LogP contribution in [0.15, 0.2) is 71.6 Å². The Balaban J connectivity index is 2.05. The number of ether oxygens (including phenoxy) is 2. The number of hydrogen-bond acceptors (Lipinski definition) is 7. The lowest BCUT2D eigenvalue weighted by molar-refractivity contribution is -0.384. The highest BCUT2D eigenvalue weighted by Crippen LogP contribution is 2.35. The topological polar surface area (TPSA) is 128 Å². The SMILES string of the molecule is COc1ccc(OC)c(N(CC(=O)Nc2cc([N+](=O)[O-])ccc2C)S(=O)(=O)c2ccccc2)c1. The number of benzene rings is 3. The maximum Gasteiger partial charge on any atom is 0.271 e. The minimum Gasteiger partial charge on any atom is -0.497 e. The molecule has 0 heterocycles. The number of sulfonamides is 1. The van der Waals surface area contributed by atoms with Crippen LogP contribution in [-0.2, 0) is 14.8 Å². The van der Waals surface area contributed by atoms with Crippen molar-refractivity contribution in [3.63, 3.8) is 0 Å². The van der Waals surface area contributed by atoms with Crippen molar-refractivity contribution in [2.45, 2.75) is 11.8 Å². The van der Waals surface area contributed by atoms with Gasteiger partial charge in [0.1, 0.15) is 18.0 Å². The molecule has 0 atom stereocenters. The van der Waals surface area contributed by atoms with Gasteiger partial charge in [-0.25, -0.2) is 8.42 Å². The average Bonchev–Trinajstić information content (AvgIpc) is 2.83. The summed E-state index contributed by atoms with van der Waals surface area (Å²) in [6, 6.07) is 16.3. The van der Waals surface area contributed by atoms with Crippen LogP contribution in [-0.4, -0.2) is 40.0 Å². The molecule has 34 heavy (non-hydrogen) atoms. The van der Waals surface area contributed by atoms with Crippen molar-refractivity contribution in [3.8, 4) is 11.5 Å². The monoisotopic (exact) mass is 485 g/mol. The summed E-state index contributed by atoms with van der Waals surface area (Å²) in [5.41, 5.74) is 0.671. The van der Waals surface area contributed by atoms with Crippen molar-refractivity contribution in [2.24, 2.45) is 0 Å². The molecule has 3 aromatic carbocycles. The summed E-state index contributed by atoms with van der Waals surface area (Å²) in [6.45, 7) is 1.05. The number of rotatable bonds is 9. The minimum atomic E-state index is -4.20. The highest BCUT2D eigenvalue weighted by Gasteiger charge is 2.30. The maximum absolute atomic E-state index is 13.6. The van der Waals surface area contributed by atoms with Gasteiger partial charge in [-0.15, -0.1) is 0 Å². The molecule has 178 valence electrons. The molecule has 0 spiro atoms. The number of non-ortho nitro benzene ring substituents is 1. The highest BCUT2D eigenvalue weighted by atomic mass is 32.2. The lowest BCUT2D eigenvalue weighted by atomic mass is 10.2. The minimum absolute atomic E-state index is 0.0285. The molecule has 0 fully saturated rings. The van der Waals surface area contributed by atoms with Crippen LogP contribution < -0.4 is 19.1 Å². The summed E-state index contributed by atoms with van der Waals surface area (Å²) in [5.74, 6) is -0.133. The Hall–Kier alpha value is -4.12. The number of carbonyl (C=O) groups is 1. The molecule has 0 bridgehead atoms. The molecule has 0 aliphatic heterocycles. The normalized spacial score (nSPS) is 10.9. The number of hydrogen-bond donors (Lipinski definition) is 1. The molecule has 0 unspecified atom stereocenters. The van der Waals surface area contributed by atoms with Crippen LogP contribution in [0.1, 0.15) is 5.56 Å². The van der Waals surface area contributed by atoms with E-state index in [9.17, 15) is 23.3 Å². The number of amides is 1. The summed E-state index contributed by atoms with van der Waals surface area (Å²) >= 11 is 0. The van der Waals surface area contributed by atoms with Crippen molar-refractivity contribution in [2.75, 3.05) is 30.4 Å². The molecular formula is C23H23N3O7S. The Morgan fingerprint density at radius 2 is 1.74 bits per heavy atom. The van der Waals surface area contributed by atoms with Crippen LogP contribution in [0.25, 0.3) is 0 Å². The number of carbonyl (C=O) groups excluding carboxylic acids is 1. The van der Waals surface area contributed by atoms with Gasteiger partial charge in [-0.05, 0) is 36.8 Å². The van der Waals surface area contributed by atoms with E-state index in [1.165, 1.54) is 56.7 Å². The van der Waals surface area contributed by atoms with Gasteiger partial charge in [0.2, 0.25) is 5.91 Å². The van der Waals surface area contributed by atoms with Gasteiger partial charge in [0.25, 0.3) is 15.7 Å². The predicted octanol–water partition coefficient (Wildman–Crippen LogP) is 3.75. The Morgan fingerprint density at radius 1 is 1.03 bits per heavy atom. The fourth-order valence-electron chi connectivity index (χ4n) is 3.19. The Morgan fingerprint density at radius 3 is 2.35 bits per heavy atom. The van der Waals surface area contributed by atoms with Crippen molar-refractivity contribution in [3.05, 3.63) is 82.4 Å². The van der Waals surface area contributed by atoms with Gasteiger partial charge >= 0.3 is 0 Å². The zero-order chi connectivity index (χ0) is 24.9. The first-order chi connectivity index (χ1) is 16.2. The second-order valence-electron chi connectivity index (χ2n) is 7.17. The standard InChI is InChI=1S/C23H23N3O7S/c1-16-9-10-17(26(28)29)13-20(16)24-23(27)15-25(34(30,31)19-7-5-4-6-8-19)21-14-18(32-2)11-12-22(21)33-3/h4-14H,15H2,1-3H3,(H,24,27). The summed E-state index contributed by atoms with van der Waals surface area (Å²) < 4.78 is 38.6. The van der Waals surface area contributed by atoms with Gasteiger partial charge < -0.3 is 14.8 Å². The summed E-state index contributed by atoms with van der Waals surface area (Å²) in [5, 5.41) is 13.7. The van der Waals surface area contributed by atoms with Gasteiger partial charge in [-0.1, -0.05) is 24.3 Å². The largest absolute Gasteiger partial charge is 0.497 e. The zero-order valence-electron chi connectivity index (χ0n) is 18.7. The second kappa shape index (κ2) is 10.2. The molecule has 0 aliphatic rings. The number of nitrogens with zero attached hydrogens (tertiary/aromatic N) is 2. The van der Waals surface area contributed by atoms with Crippen LogP contribution in [0.3, 0.4) is 0 Å². The molecule has 1 amide bonds. The first-order valence-corrected chi connectivity index (χ1v) is 11.5. The van der Waals surface area contributed by atoms with Crippen molar-refractivity contribution in [1.29, 1.82) is 0 Å². The average molecular weight is 486 g/mol. The first kappa shape index (κ1) is 24.5. The van der Waals surface area contributed by atoms with Crippen LogP contribution >= 0.6 is 0 Å². The van der Waals surface area contributed by atoms with Crippen molar-refractivity contribution >= 4 is 33.0 Å². The molecule has 0 radical (unpaired) electrons. The Kier molecular flexibility index (Phi) is 7.37. The quantitative estimate of drug-likeness (QED) is 0.361. The molecule has 0 saturated carbocycles. The fraction of sp³-hybridized carbons (Fsp3) is 0.174. The van der Waals surface area contributed by atoms with Crippen molar-refractivity contribution < 1.29 is 27.6 Å². The van der Waals surface area contributed by atoms with Crippen molar-refractivity contribution in [1.82, 2.24) is 0 Å². The van der Waals surface area contributed by atoms with Gasteiger partial charge in [0.05, 0.1) is 35.4 Å². The van der Waals surface area contributed by atoms with Gasteiger partial charge in [0.15, 0.2) is 0 Å². The van der Waals surface area contributed by atoms with Crippen LogP contribution in [0.5, 0.6) is 11.5 Å². The number of methoxy groups -OCH3 is 2. The lowest BCUT2D eigenvalue weighted by Crippen LogP contribution is -2.38. The third-order valence-corrected chi connectivity index (χ3v) is 6.75. The van der Waals surface area contributed by atoms with Crippen LogP contribution in [0.2, 0.25) is 0 Å². The van der Waals surface area contributed by atoms with E-state index in [1.807, 2.05) is 0 Å². The molecule has 3 aromatic rings. The van der Waals surface area contributed by atoms with E-state index in [1.54, 1.807) is 31.2 Å². The maximum atomic E-state index is 13.6. The van der Waals surface area contributed by atoms with Gasteiger partial charge in [-0.3, -0.25) is 19.2 Å². The first-order valence-electron chi connectivity index (χ1n) is 10.0. The van der Waals surface area contributed by atoms with E-state index in [-0.39, 0.29) is 27.7 Å². The molecule has 11 heteroatoms. The second-order valence-corrected chi connectivity index (χ2v) is 9.03. The smallest absolute Gasteiger partial charge is 0.271 e. The van der Waals surface area contributed by atoms with Crippen LogP contribution in [0.4, 0.5) is 17.1 Å². The van der Waals surface area contributed by atoms with E-state index < -0.39 is 27.4 Å². The number of nitro benzene ring substituents is 1. The van der Waals surface area contributed by atoms with E-state index in [2.05, 4.69) is 5.32 Å². The fourth-order valence-corrected chi connectivity index (χ4v) is 4.63. The molecule has 3 rings (SSSR count). The third-order valence-electron chi connectivity index (χ3n) is 4.98.